The maximum atomic E-state index is 4.18. The Labute approximate surface area is 286 Å². The molecule has 9 rings (SSSR count). The maximum Gasteiger partial charge on any atom is 0.0462 e. The Morgan fingerprint density at radius 1 is 0.306 bits per heavy atom. The molecule has 0 amide bonds. The molecule has 49 heavy (non-hydrogen) atoms. The highest BCUT2D eigenvalue weighted by Crippen LogP contribution is 2.46. The molecular weight excluding hydrogens is 593 g/mol. The highest BCUT2D eigenvalue weighted by Gasteiger charge is 2.19. The van der Waals surface area contributed by atoms with Gasteiger partial charge in [0.15, 0.2) is 0 Å². The molecule has 2 heteroatoms. The molecule has 0 unspecified atom stereocenters. The third-order valence-electron chi connectivity index (χ3n) is 9.56. The molecule has 0 saturated heterocycles. The molecule has 0 aliphatic rings. The van der Waals surface area contributed by atoms with Crippen molar-refractivity contribution in [1.82, 2.24) is 4.98 Å². The normalized spacial score (nSPS) is 11.3. The topological polar surface area (TPSA) is 16.1 Å². The lowest BCUT2D eigenvalue weighted by Gasteiger charge is -2.26. The minimum absolute atomic E-state index is 1.10. The largest absolute Gasteiger partial charge is 0.311 e. The van der Waals surface area contributed by atoms with Crippen LogP contribution in [0.2, 0.25) is 0 Å². The summed E-state index contributed by atoms with van der Waals surface area (Å²) < 4.78 is 0. The minimum atomic E-state index is 1.10. The van der Waals surface area contributed by atoms with E-state index >= 15 is 0 Å². The number of hydrogen-bond donors (Lipinski definition) is 0. The van der Waals surface area contributed by atoms with Crippen LogP contribution >= 0.6 is 0 Å². The lowest BCUT2D eigenvalue weighted by molar-refractivity contribution is 1.28. The van der Waals surface area contributed by atoms with Gasteiger partial charge in [0, 0.05) is 29.5 Å². The third kappa shape index (κ3) is 5.11. The van der Waals surface area contributed by atoms with Gasteiger partial charge in [-0.1, -0.05) is 133 Å². The molecule has 0 fully saturated rings. The zero-order valence-corrected chi connectivity index (χ0v) is 26.9. The van der Waals surface area contributed by atoms with Crippen molar-refractivity contribution in [2.45, 2.75) is 0 Å². The Bertz CT molecular complexity index is 2510. The summed E-state index contributed by atoms with van der Waals surface area (Å²) >= 11 is 0. The van der Waals surface area contributed by atoms with Gasteiger partial charge in [-0.05, 0) is 114 Å². The second kappa shape index (κ2) is 12.3. The fraction of sp³-hybridized carbons (Fsp3) is 0. The molecule has 230 valence electrons. The first kappa shape index (κ1) is 28.7. The van der Waals surface area contributed by atoms with E-state index < -0.39 is 0 Å². The number of hydrogen-bond acceptors (Lipinski definition) is 2. The summed E-state index contributed by atoms with van der Waals surface area (Å²) in [7, 11) is 0. The molecule has 0 saturated carbocycles. The van der Waals surface area contributed by atoms with Crippen molar-refractivity contribution < 1.29 is 0 Å². The number of anilines is 3. The van der Waals surface area contributed by atoms with Crippen LogP contribution in [0.1, 0.15) is 0 Å². The number of fused-ring (bicyclic) bond motifs is 3. The lowest BCUT2D eigenvalue weighted by atomic mass is 9.85. The van der Waals surface area contributed by atoms with Crippen molar-refractivity contribution in [1.29, 1.82) is 0 Å². The third-order valence-corrected chi connectivity index (χ3v) is 9.56. The van der Waals surface area contributed by atoms with Gasteiger partial charge < -0.3 is 4.90 Å². The van der Waals surface area contributed by atoms with Crippen LogP contribution in [0.25, 0.3) is 65.7 Å². The Morgan fingerprint density at radius 3 is 1.37 bits per heavy atom. The van der Waals surface area contributed by atoms with Crippen molar-refractivity contribution in [3.05, 3.63) is 194 Å². The summed E-state index contributed by atoms with van der Waals surface area (Å²) in [5.74, 6) is 0. The summed E-state index contributed by atoms with van der Waals surface area (Å²) in [6.07, 6.45) is 3.68. The molecule has 1 heterocycles. The quantitative estimate of drug-likeness (QED) is 0.171. The Kier molecular flexibility index (Phi) is 7.18. The average molecular weight is 625 g/mol. The summed E-state index contributed by atoms with van der Waals surface area (Å²) in [5.41, 5.74) is 10.6. The van der Waals surface area contributed by atoms with Crippen LogP contribution in [0.3, 0.4) is 0 Å². The molecule has 9 aromatic rings. The van der Waals surface area contributed by atoms with Crippen molar-refractivity contribution in [3.63, 3.8) is 0 Å². The fourth-order valence-electron chi connectivity index (χ4n) is 7.32. The van der Waals surface area contributed by atoms with E-state index in [2.05, 4.69) is 180 Å². The Morgan fingerprint density at radius 2 is 0.755 bits per heavy atom. The van der Waals surface area contributed by atoms with Gasteiger partial charge >= 0.3 is 0 Å². The van der Waals surface area contributed by atoms with Crippen LogP contribution in [0, 0.1) is 0 Å². The van der Waals surface area contributed by atoms with Gasteiger partial charge in [0.2, 0.25) is 0 Å². The first-order chi connectivity index (χ1) is 24.3. The van der Waals surface area contributed by atoms with E-state index in [1.807, 2.05) is 24.5 Å². The predicted molar refractivity (Wildman–Crippen MR) is 208 cm³/mol. The smallest absolute Gasteiger partial charge is 0.0462 e. The first-order valence-electron chi connectivity index (χ1n) is 16.7. The minimum Gasteiger partial charge on any atom is -0.311 e. The second-order valence-electron chi connectivity index (χ2n) is 12.4. The van der Waals surface area contributed by atoms with Gasteiger partial charge in [-0.2, -0.15) is 0 Å². The number of rotatable bonds is 6. The van der Waals surface area contributed by atoms with E-state index in [4.69, 9.17) is 0 Å². The van der Waals surface area contributed by atoms with Crippen molar-refractivity contribution in [2.24, 2.45) is 0 Å². The molecular formula is C47H32N2. The fourth-order valence-corrected chi connectivity index (χ4v) is 7.32. The second-order valence-corrected chi connectivity index (χ2v) is 12.4. The van der Waals surface area contributed by atoms with E-state index in [1.165, 1.54) is 60.1 Å². The highest BCUT2D eigenvalue weighted by atomic mass is 15.1. The van der Waals surface area contributed by atoms with Gasteiger partial charge in [0.25, 0.3) is 0 Å². The molecule has 1 aromatic heterocycles. The van der Waals surface area contributed by atoms with Crippen LogP contribution in [0.4, 0.5) is 17.1 Å². The van der Waals surface area contributed by atoms with E-state index in [1.54, 1.807) is 0 Å². The molecule has 8 aromatic carbocycles. The summed E-state index contributed by atoms with van der Waals surface area (Å²) in [6, 6.07) is 65.6. The van der Waals surface area contributed by atoms with Crippen LogP contribution in [-0.2, 0) is 0 Å². The van der Waals surface area contributed by atoms with Gasteiger partial charge in [-0.3, -0.25) is 4.98 Å². The number of nitrogens with zero attached hydrogens (tertiary/aromatic N) is 2. The van der Waals surface area contributed by atoms with Crippen LogP contribution in [0.5, 0.6) is 0 Å². The van der Waals surface area contributed by atoms with Crippen LogP contribution in [-0.4, -0.2) is 4.98 Å². The maximum absolute atomic E-state index is 4.18. The molecule has 0 radical (unpaired) electrons. The van der Waals surface area contributed by atoms with E-state index in [-0.39, 0.29) is 0 Å². The van der Waals surface area contributed by atoms with Gasteiger partial charge in [0.05, 0.1) is 0 Å². The molecule has 0 N–H and O–H groups in total. The van der Waals surface area contributed by atoms with Gasteiger partial charge in [-0.15, -0.1) is 0 Å². The van der Waals surface area contributed by atoms with E-state index in [0.717, 1.165) is 22.6 Å². The van der Waals surface area contributed by atoms with Crippen molar-refractivity contribution in [3.8, 4) is 33.4 Å². The van der Waals surface area contributed by atoms with Crippen molar-refractivity contribution >= 4 is 49.4 Å². The summed E-state index contributed by atoms with van der Waals surface area (Å²) in [6.45, 7) is 0. The molecule has 0 spiro atoms. The number of aromatic nitrogens is 1. The number of para-hydroxylation sites is 1. The van der Waals surface area contributed by atoms with Crippen molar-refractivity contribution in [2.75, 3.05) is 4.90 Å². The molecule has 0 aliphatic heterocycles. The predicted octanol–water partition coefficient (Wildman–Crippen LogP) is 13.0. The highest BCUT2D eigenvalue weighted by molar-refractivity contribution is 6.23. The standard InChI is InChI=1S/C47H32N2/c1-2-13-37(14-3-1)49(38-25-21-33(22-26-38)34-29-31-48-32-30-34)39-27-23-36(24-28-39)46-42-16-6-8-18-44(42)47(45-19-9-7-17-43(45)46)41-20-10-12-35-11-4-5-15-40(35)41/h1-32H. The Balaban J connectivity index is 1.19. The molecule has 2 nitrogen and oxygen atoms in total. The number of benzene rings is 8. The van der Waals surface area contributed by atoms with E-state index in [0.29, 0.717) is 0 Å². The monoisotopic (exact) mass is 624 g/mol. The summed E-state index contributed by atoms with van der Waals surface area (Å²) in [4.78, 5) is 6.50. The summed E-state index contributed by atoms with van der Waals surface area (Å²) in [5, 5.41) is 7.55. The zero-order valence-electron chi connectivity index (χ0n) is 26.9. The average Bonchev–Trinajstić information content (AvgIpc) is 3.18. The van der Waals surface area contributed by atoms with Crippen LogP contribution < -0.4 is 4.90 Å². The molecule has 0 bridgehead atoms. The first-order valence-corrected chi connectivity index (χ1v) is 16.7. The molecule has 0 aliphatic carbocycles. The lowest BCUT2D eigenvalue weighted by Crippen LogP contribution is -2.09. The number of pyridine rings is 1. The van der Waals surface area contributed by atoms with Crippen LogP contribution in [0.15, 0.2) is 194 Å². The van der Waals surface area contributed by atoms with Gasteiger partial charge in [-0.25, -0.2) is 0 Å². The molecule has 0 atom stereocenters. The van der Waals surface area contributed by atoms with E-state index in [9.17, 15) is 0 Å². The van der Waals surface area contributed by atoms with Gasteiger partial charge in [0.1, 0.15) is 0 Å². The SMILES string of the molecule is c1ccc(N(c2ccc(-c3ccncc3)cc2)c2ccc(-c3c4ccccc4c(-c4cccc5ccccc45)c4ccccc34)cc2)cc1. The zero-order chi connectivity index (χ0) is 32.6. The Hall–Kier alpha value is -6.51.